The molecule has 0 radical (unpaired) electrons. The van der Waals surface area contributed by atoms with Gasteiger partial charge in [-0.3, -0.25) is 14.9 Å². The van der Waals surface area contributed by atoms with E-state index in [9.17, 15) is 14.9 Å². The Bertz CT molecular complexity index is 572. The highest BCUT2D eigenvalue weighted by Crippen LogP contribution is 2.19. The Kier molecular flexibility index (Phi) is 5.07. The lowest BCUT2D eigenvalue weighted by Gasteiger charge is -2.14. The number of hydrogen-bond donors (Lipinski definition) is 2. The van der Waals surface area contributed by atoms with Gasteiger partial charge in [-0.15, -0.1) is 0 Å². The van der Waals surface area contributed by atoms with Crippen LogP contribution in [0, 0.1) is 13.7 Å². The summed E-state index contributed by atoms with van der Waals surface area (Å²) in [5.41, 5.74) is 1.66. The Morgan fingerprint density at radius 2 is 2.30 bits per heavy atom. The summed E-state index contributed by atoms with van der Waals surface area (Å²) < 4.78 is 0.577. The van der Waals surface area contributed by atoms with Crippen LogP contribution < -0.4 is 10.6 Å². The molecule has 1 heterocycles. The average Bonchev–Trinajstić information content (AvgIpc) is 2.45. The topological polar surface area (TPSA) is 84.3 Å². The number of carbonyl (C=O) groups is 1. The Morgan fingerprint density at radius 3 is 2.90 bits per heavy atom. The predicted molar refractivity (Wildman–Crippen MR) is 83.7 cm³/mol. The number of nitro benzene ring substituents is 1. The fourth-order valence-corrected chi connectivity index (χ4v) is 2.66. The van der Waals surface area contributed by atoms with Gasteiger partial charge < -0.3 is 10.6 Å². The molecular formula is C13H14IN3O3. The van der Waals surface area contributed by atoms with E-state index in [1.165, 1.54) is 23.8 Å². The van der Waals surface area contributed by atoms with Gasteiger partial charge in [-0.05, 0) is 41.6 Å². The van der Waals surface area contributed by atoms with E-state index in [1.54, 1.807) is 0 Å². The standard InChI is InChI=1S/C13H14IN3O3/c14-12-7-10(17(19)20)1-2-11(12)13(18)16-8-9-3-5-15-6-4-9/h1-3,7,15H,4-6,8H2,(H,16,18). The molecule has 1 aromatic carbocycles. The second-order valence-corrected chi connectivity index (χ2v) is 5.58. The Hall–Kier alpha value is -1.48. The van der Waals surface area contributed by atoms with E-state index in [2.05, 4.69) is 16.7 Å². The zero-order valence-corrected chi connectivity index (χ0v) is 12.8. The zero-order chi connectivity index (χ0) is 14.5. The molecule has 0 bridgehead atoms. The summed E-state index contributed by atoms with van der Waals surface area (Å²) in [4.78, 5) is 22.2. The summed E-state index contributed by atoms with van der Waals surface area (Å²) in [6, 6.07) is 4.24. The Balaban J connectivity index is 2.02. The van der Waals surface area contributed by atoms with Gasteiger partial charge in [-0.2, -0.15) is 0 Å². The average molecular weight is 387 g/mol. The normalized spacial score (nSPS) is 14.6. The molecule has 0 spiro atoms. The van der Waals surface area contributed by atoms with Crippen molar-refractivity contribution in [2.45, 2.75) is 6.42 Å². The highest BCUT2D eigenvalue weighted by atomic mass is 127. The van der Waals surface area contributed by atoms with Crippen LogP contribution in [0.15, 0.2) is 29.8 Å². The van der Waals surface area contributed by atoms with E-state index in [0.717, 1.165) is 19.5 Å². The van der Waals surface area contributed by atoms with Gasteiger partial charge in [-0.1, -0.05) is 11.6 Å². The monoisotopic (exact) mass is 387 g/mol. The van der Waals surface area contributed by atoms with Crippen molar-refractivity contribution in [3.05, 3.63) is 49.1 Å². The van der Waals surface area contributed by atoms with Gasteiger partial charge in [0.05, 0.1) is 10.5 Å². The molecule has 0 unspecified atom stereocenters. The lowest BCUT2D eigenvalue weighted by molar-refractivity contribution is -0.384. The first-order valence-corrected chi connectivity index (χ1v) is 7.26. The van der Waals surface area contributed by atoms with E-state index in [1.807, 2.05) is 22.6 Å². The molecule has 1 aliphatic heterocycles. The molecule has 1 aliphatic rings. The molecule has 0 fully saturated rings. The van der Waals surface area contributed by atoms with Crippen LogP contribution in [0.5, 0.6) is 0 Å². The van der Waals surface area contributed by atoms with Crippen LogP contribution in [0.2, 0.25) is 0 Å². The van der Waals surface area contributed by atoms with Gasteiger partial charge in [0.1, 0.15) is 0 Å². The molecule has 1 aromatic rings. The van der Waals surface area contributed by atoms with Crippen molar-refractivity contribution in [1.29, 1.82) is 0 Å². The molecule has 0 aliphatic carbocycles. The lowest BCUT2D eigenvalue weighted by atomic mass is 10.1. The molecule has 2 rings (SSSR count). The number of nitrogens with zero attached hydrogens (tertiary/aromatic N) is 1. The first kappa shape index (κ1) is 14.9. The number of benzene rings is 1. The number of rotatable bonds is 4. The third-order valence-electron chi connectivity index (χ3n) is 3.04. The lowest BCUT2D eigenvalue weighted by Crippen LogP contribution is -2.30. The second kappa shape index (κ2) is 6.80. The number of hydrogen-bond acceptors (Lipinski definition) is 4. The van der Waals surface area contributed by atoms with Gasteiger partial charge in [0.25, 0.3) is 11.6 Å². The third kappa shape index (κ3) is 3.76. The maximum atomic E-state index is 12.1. The fourth-order valence-electron chi connectivity index (χ4n) is 1.92. The first-order valence-electron chi connectivity index (χ1n) is 6.18. The van der Waals surface area contributed by atoms with Crippen LogP contribution in [0.4, 0.5) is 5.69 Å². The summed E-state index contributed by atoms with van der Waals surface area (Å²) in [5, 5.41) is 16.7. The molecule has 0 saturated heterocycles. The van der Waals surface area contributed by atoms with Gasteiger partial charge in [0.2, 0.25) is 0 Å². The molecule has 106 valence electrons. The third-order valence-corrected chi connectivity index (χ3v) is 3.93. The molecule has 2 N–H and O–H groups in total. The van der Waals surface area contributed by atoms with Crippen molar-refractivity contribution < 1.29 is 9.72 Å². The van der Waals surface area contributed by atoms with Crippen LogP contribution in [-0.2, 0) is 0 Å². The summed E-state index contributed by atoms with van der Waals surface area (Å²) in [5.74, 6) is -0.205. The summed E-state index contributed by atoms with van der Waals surface area (Å²) in [6.07, 6.45) is 3.00. The molecule has 7 heteroatoms. The number of halogens is 1. The molecule has 1 amide bonds. The zero-order valence-electron chi connectivity index (χ0n) is 10.7. The van der Waals surface area contributed by atoms with Crippen molar-refractivity contribution in [2.24, 2.45) is 0 Å². The molecule has 6 nitrogen and oxygen atoms in total. The molecule has 0 aromatic heterocycles. The number of amides is 1. The number of carbonyl (C=O) groups excluding carboxylic acids is 1. The van der Waals surface area contributed by atoms with Crippen LogP contribution in [0.3, 0.4) is 0 Å². The van der Waals surface area contributed by atoms with E-state index in [0.29, 0.717) is 15.7 Å². The fraction of sp³-hybridized carbons (Fsp3) is 0.308. The SMILES string of the molecule is O=C(NCC1=CCNCC1)c1ccc([N+](=O)[O-])cc1I. The highest BCUT2D eigenvalue weighted by Gasteiger charge is 2.14. The summed E-state index contributed by atoms with van der Waals surface area (Å²) in [7, 11) is 0. The number of nitrogens with one attached hydrogen (secondary N) is 2. The minimum absolute atomic E-state index is 0.00740. The maximum absolute atomic E-state index is 12.1. The largest absolute Gasteiger partial charge is 0.348 e. The molecule has 0 atom stereocenters. The van der Waals surface area contributed by atoms with Gasteiger partial charge >= 0.3 is 0 Å². The number of non-ortho nitro benzene ring substituents is 1. The van der Waals surface area contributed by atoms with E-state index in [4.69, 9.17) is 0 Å². The smallest absolute Gasteiger partial charge is 0.270 e. The van der Waals surface area contributed by atoms with Crippen LogP contribution >= 0.6 is 22.6 Å². The highest BCUT2D eigenvalue weighted by molar-refractivity contribution is 14.1. The quantitative estimate of drug-likeness (QED) is 0.358. The van der Waals surface area contributed by atoms with E-state index in [-0.39, 0.29) is 11.6 Å². The minimum Gasteiger partial charge on any atom is -0.348 e. The Morgan fingerprint density at radius 1 is 1.50 bits per heavy atom. The van der Waals surface area contributed by atoms with Crippen molar-refractivity contribution in [1.82, 2.24) is 10.6 Å². The van der Waals surface area contributed by atoms with Gasteiger partial charge in [-0.25, -0.2) is 0 Å². The summed E-state index contributed by atoms with van der Waals surface area (Å²) >= 11 is 1.94. The van der Waals surface area contributed by atoms with Crippen molar-refractivity contribution >= 4 is 34.2 Å². The maximum Gasteiger partial charge on any atom is 0.270 e. The van der Waals surface area contributed by atoms with Crippen LogP contribution in [0.1, 0.15) is 16.8 Å². The Labute approximate surface area is 129 Å². The second-order valence-electron chi connectivity index (χ2n) is 4.42. The summed E-state index contributed by atoms with van der Waals surface area (Å²) in [6.45, 7) is 2.28. The van der Waals surface area contributed by atoms with E-state index >= 15 is 0 Å². The van der Waals surface area contributed by atoms with E-state index < -0.39 is 4.92 Å². The van der Waals surface area contributed by atoms with Crippen LogP contribution in [0.25, 0.3) is 0 Å². The number of nitro groups is 1. The van der Waals surface area contributed by atoms with Crippen molar-refractivity contribution in [2.75, 3.05) is 19.6 Å². The van der Waals surface area contributed by atoms with Crippen molar-refractivity contribution in [3.63, 3.8) is 0 Å². The van der Waals surface area contributed by atoms with Crippen LogP contribution in [-0.4, -0.2) is 30.5 Å². The van der Waals surface area contributed by atoms with Crippen molar-refractivity contribution in [3.8, 4) is 0 Å². The molecular weight excluding hydrogens is 373 g/mol. The van der Waals surface area contributed by atoms with Gasteiger partial charge in [0.15, 0.2) is 0 Å². The predicted octanol–water partition coefficient (Wildman–Crippen LogP) is 1.85. The molecule has 0 saturated carbocycles. The molecule has 20 heavy (non-hydrogen) atoms. The van der Waals surface area contributed by atoms with Gasteiger partial charge in [0, 0.05) is 28.8 Å². The minimum atomic E-state index is -0.469. The first-order chi connectivity index (χ1) is 9.58.